The zero-order valence-corrected chi connectivity index (χ0v) is 13.4. The number of nitrogens with zero attached hydrogens (tertiary/aromatic N) is 4. The van der Waals surface area contributed by atoms with Crippen LogP contribution in [0, 0.1) is 6.92 Å². The highest BCUT2D eigenvalue weighted by Gasteiger charge is 2.26. The first-order valence-corrected chi connectivity index (χ1v) is 8.43. The van der Waals surface area contributed by atoms with E-state index in [1.807, 2.05) is 11.4 Å². The summed E-state index contributed by atoms with van der Waals surface area (Å²) in [5, 5.41) is 5.57. The fourth-order valence-corrected chi connectivity index (χ4v) is 4.61. The molecule has 4 aromatic rings. The zero-order valence-electron chi connectivity index (χ0n) is 11.8. The minimum absolute atomic E-state index is 0.311. The highest BCUT2D eigenvalue weighted by Crippen LogP contribution is 2.46. The first kappa shape index (κ1) is 12.6. The van der Waals surface area contributed by atoms with E-state index in [1.54, 1.807) is 11.3 Å². The number of rotatable bonds is 1. The standard InChI is InChI=1S/C16H11ClN4S/c1-8-18-16-14(15-19-12(7-17)20-21(8)15)13-10-5-3-2-4-9(10)6-11(13)22-16/h2-5H,6-7H2,1H3. The van der Waals surface area contributed by atoms with Crippen molar-refractivity contribution in [1.82, 2.24) is 19.6 Å². The lowest BCUT2D eigenvalue weighted by molar-refractivity contribution is 0.857. The van der Waals surface area contributed by atoms with E-state index in [2.05, 4.69) is 34.3 Å². The molecule has 0 bridgehead atoms. The molecule has 0 N–H and O–H groups in total. The third kappa shape index (κ3) is 1.50. The first-order chi connectivity index (χ1) is 10.8. The van der Waals surface area contributed by atoms with E-state index in [0.29, 0.717) is 11.7 Å². The lowest BCUT2D eigenvalue weighted by atomic mass is 10.1. The van der Waals surface area contributed by atoms with E-state index in [4.69, 9.17) is 16.6 Å². The summed E-state index contributed by atoms with van der Waals surface area (Å²) >= 11 is 7.68. The Kier molecular flexibility index (Phi) is 2.44. The lowest BCUT2D eigenvalue weighted by Gasteiger charge is -2.02. The Labute approximate surface area is 135 Å². The first-order valence-electron chi connectivity index (χ1n) is 7.08. The van der Waals surface area contributed by atoms with Gasteiger partial charge in [0.2, 0.25) is 0 Å². The smallest absolute Gasteiger partial charge is 0.168 e. The van der Waals surface area contributed by atoms with Gasteiger partial charge in [-0.15, -0.1) is 28.0 Å². The summed E-state index contributed by atoms with van der Waals surface area (Å²) in [5.41, 5.74) is 4.82. The fourth-order valence-electron chi connectivity index (χ4n) is 3.25. The number of aromatic nitrogens is 4. The maximum atomic E-state index is 5.92. The number of alkyl halides is 1. The molecular weight excluding hydrogens is 316 g/mol. The largest absolute Gasteiger partial charge is 0.222 e. The molecule has 4 nitrogen and oxygen atoms in total. The number of fused-ring (bicyclic) bond motifs is 7. The van der Waals surface area contributed by atoms with Crippen LogP contribution in [0.3, 0.4) is 0 Å². The van der Waals surface area contributed by atoms with E-state index < -0.39 is 0 Å². The average Bonchev–Trinajstić information content (AvgIpc) is 3.17. The molecule has 108 valence electrons. The predicted molar refractivity (Wildman–Crippen MR) is 88.7 cm³/mol. The molecule has 0 radical (unpaired) electrons. The lowest BCUT2D eigenvalue weighted by Crippen LogP contribution is -1.97. The van der Waals surface area contributed by atoms with Crippen LogP contribution in [-0.4, -0.2) is 19.6 Å². The van der Waals surface area contributed by atoms with Crippen molar-refractivity contribution in [2.75, 3.05) is 0 Å². The van der Waals surface area contributed by atoms with Crippen molar-refractivity contribution in [2.24, 2.45) is 0 Å². The van der Waals surface area contributed by atoms with Gasteiger partial charge in [-0.25, -0.2) is 9.97 Å². The Balaban J connectivity index is 1.97. The van der Waals surface area contributed by atoms with Gasteiger partial charge < -0.3 is 0 Å². The van der Waals surface area contributed by atoms with Crippen molar-refractivity contribution >= 4 is 38.8 Å². The van der Waals surface area contributed by atoms with Crippen LogP contribution >= 0.6 is 22.9 Å². The van der Waals surface area contributed by atoms with Crippen molar-refractivity contribution in [2.45, 2.75) is 19.2 Å². The quantitative estimate of drug-likeness (QED) is 0.438. The molecule has 0 unspecified atom stereocenters. The van der Waals surface area contributed by atoms with Crippen molar-refractivity contribution in [1.29, 1.82) is 0 Å². The summed E-state index contributed by atoms with van der Waals surface area (Å²) < 4.78 is 1.81. The summed E-state index contributed by atoms with van der Waals surface area (Å²) in [4.78, 5) is 11.8. The van der Waals surface area contributed by atoms with Gasteiger partial charge in [0.25, 0.3) is 0 Å². The van der Waals surface area contributed by atoms with Crippen LogP contribution in [0.1, 0.15) is 22.1 Å². The van der Waals surface area contributed by atoms with Crippen molar-refractivity contribution in [3.8, 4) is 11.1 Å². The predicted octanol–water partition coefficient (Wildman–Crippen LogP) is 3.96. The van der Waals surface area contributed by atoms with Gasteiger partial charge in [0.1, 0.15) is 10.7 Å². The summed E-state index contributed by atoms with van der Waals surface area (Å²) in [7, 11) is 0. The molecule has 5 rings (SSSR count). The normalized spacial score (nSPS) is 13.0. The Bertz CT molecular complexity index is 1060. The van der Waals surface area contributed by atoms with Crippen LogP contribution in [0.5, 0.6) is 0 Å². The number of aryl methyl sites for hydroxylation is 1. The maximum Gasteiger partial charge on any atom is 0.168 e. The van der Waals surface area contributed by atoms with Crippen LogP contribution in [-0.2, 0) is 12.3 Å². The molecule has 0 amide bonds. The maximum absolute atomic E-state index is 5.92. The third-order valence-electron chi connectivity index (χ3n) is 4.16. The summed E-state index contributed by atoms with van der Waals surface area (Å²) in [6.45, 7) is 1.96. The van der Waals surface area contributed by atoms with Gasteiger partial charge in [-0.2, -0.15) is 4.52 Å². The molecule has 1 aliphatic carbocycles. The number of benzene rings is 1. The second kappa shape index (κ2) is 4.27. The number of halogens is 1. The SMILES string of the molecule is Cc1nc2sc3c(c2c2nc(CCl)nn12)-c1ccccc1C3. The molecule has 3 heterocycles. The molecule has 0 aliphatic heterocycles. The van der Waals surface area contributed by atoms with Crippen LogP contribution in [0.4, 0.5) is 0 Å². The van der Waals surface area contributed by atoms with Gasteiger partial charge in [-0.1, -0.05) is 24.3 Å². The molecule has 0 saturated carbocycles. The topological polar surface area (TPSA) is 43.1 Å². The van der Waals surface area contributed by atoms with Crippen molar-refractivity contribution in [3.05, 3.63) is 46.4 Å². The fraction of sp³-hybridized carbons (Fsp3) is 0.188. The van der Waals surface area contributed by atoms with Crippen LogP contribution in [0.2, 0.25) is 0 Å². The molecule has 22 heavy (non-hydrogen) atoms. The van der Waals surface area contributed by atoms with Gasteiger partial charge >= 0.3 is 0 Å². The molecular formula is C16H11ClN4S. The van der Waals surface area contributed by atoms with Gasteiger partial charge in [0.15, 0.2) is 11.5 Å². The van der Waals surface area contributed by atoms with E-state index in [-0.39, 0.29) is 0 Å². The molecule has 0 spiro atoms. The molecule has 3 aromatic heterocycles. The third-order valence-corrected chi connectivity index (χ3v) is 5.49. The summed E-state index contributed by atoms with van der Waals surface area (Å²) in [6.07, 6.45) is 0.980. The number of thiophene rings is 1. The minimum atomic E-state index is 0.311. The Morgan fingerprint density at radius 3 is 3.00 bits per heavy atom. The molecule has 0 atom stereocenters. The molecule has 0 saturated heterocycles. The van der Waals surface area contributed by atoms with Gasteiger partial charge in [0.05, 0.1) is 11.3 Å². The van der Waals surface area contributed by atoms with Crippen LogP contribution < -0.4 is 0 Å². The Morgan fingerprint density at radius 2 is 2.14 bits per heavy atom. The Hall–Kier alpha value is -1.98. The zero-order chi connectivity index (χ0) is 14.8. The van der Waals surface area contributed by atoms with E-state index >= 15 is 0 Å². The number of hydrogen-bond donors (Lipinski definition) is 0. The molecule has 0 fully saturated rings. The monoisotopic (exact) mass is 326 g/mol. The second-order valence-electron chi connectivity index (χ2n) is 5.47. The van der Waals surface area contributed by atoms with Crippen molar-refractivity contribution in [3.63, 3.8) is 0 Å². The Morgan fingerprint density at radius 1 is 1.27 bits per heavy atom. The number of hydrogen-bond acceptors (Lipinski definition) is 4. The van der Waals surface area contributed by atoms with E-state index in [1.165, 1.54) is 21.6 Å². The van der Waals surface area contributed by atoms with E-state index in [9.17, 15) is 0 Å². The molecule has 1 aromatic carbocycles. The summed E-state index contributed by atoms with van der Waals surface area (Å²) in [6, 6.07) is 8.56. The van der Waals surface area contributed by atoms with Crippen LogP contribution in [0.15, 0.2) is 24.3 Å². The molecule has 6 heteroatoms. The van der Waals surface area contributed by atoms with Crippen molar-refractivity contribution < 1.29 is 0 Å². The molecule has 1 aliphatic rings. The van der Waals surface area contributed by atoms with E-state index in [0.717, 1.165) is 28.1 Å². The summed E-state index contributed by atoms with van der Waals surface area (Å²) in [5.74, 6) is 1.80. The highest BCUT2D eigenvalue weighted by molar-refractivity contribution is 7.19. The van der Waals surface area contributed by atoms with Gasteiger partial charge in [-0.3, -0.25) is 0 Å². The van der Waals surface area contributed by atoms with Gasteiger partial charge in [0, 0.05) is 16.9 Å². The minimum Gasteiger partial charge on any atom is -0.222 e. The second-order valence-corrected chi connectivity index (χ2v) is 6.82. The van der Waals surface area contributed by atoms with Gasteiger partial charge in [-0.05, 0) is 18.1 Å². The average molecular weight is 327 g/mol. The highest BCUT2D eigenvalue weighted by atomic mass is 35.5. The van der Waals surface area contributed by atoms with Crippen LogP contribution in [0.25, 0.3) is 27.0 Å².